The molecule has 0 aromatic carbocycles. The molecule has 0 saturated carbocycles. The molecule has 0 amide bonds. The fourth-order valence-corrected chi connectivity index (χ4v) is 1.88. The van der Waals surface area contributed by atoms with Crippen molar-refractivity contribution in [2.45, 2.75) is 19.3 Å². The smallest absolute Gasteiger partial charge is 0.206 e. The van der Waals surface area contributed by atoms with Crippen LogP contribution in [0.4, 0.5) is 0 Å². The standard InChI is InChI=1S/C7H9NOS/c8-5-6-3-1-2-4-10-7(6)9/h6H,1-4H2/t6-/m1/s1. The van der Waals surface area contributed by atoms with Gasteiger partial charge in [-0.25, -0.2) is 0 Å². The second-order valence-corrected chi connectivity index (χ2v) is 3.44. The van der Waals surface area contributed by atoms with Gasteiger partial charge in [0.1, 0.15) is 5.92 Å². The van der Waals surface area contributed by atoms with Crippen LogP contribution in [0.15, 0.2) is 0 Å². The zero-order valence-electron chi connectivity index (χ0n) is 5.67. The van der Waals surface area contributed by atoms with Crippen molar-refractivity contribution in [2.24, 2.45) is 5.92 Å². The van der Waals surface area contributed by atoms with E-state index in [2.05, 4.69) is 0 Å². The van der Waals surface area contributed by atoms with Crippen molar-refractivity contribution in [2.75, 3.05) is 5.75 Å². The number of hydrogen-bond acceptors (Lipinski definition) is 3. The lowest BCUT2D eigenvalue weighted by Gasteiger charge is -1.98. The van der Waals surface area contributed by atoms with Crippen LogP contribution in [0.2, 0.25) is 0 Å². The summed E-state index contributed by atoms with van der Waals surface area (Å²) in [5.74, 6) is 0.573. The summed E-state index contributed by atoms with van der Waals surface area (Å²) in [6, 6.07) is 2.02. The van der Waals surface area contributed by atoms with E-state index in [0.717, 1.165) is 25.0 Å². The minimum atomic E-state index is -0.326. The first kappa shape index (κ1) is 7.62. The van der Waals surface area contributed by atoms with Crippen LogP contribution >= 0.6 is 11.8 Å². The van der Waals surface area contributed by atoms with E-state index < -0.39 is 0 Å². The van der Waals surface area contributed by atoms with Crippen LogP contribution in [0.1, 0.15) is 19.3 Å². The summed E-state index contributed by atoms with van der Waals surface area (Å²) < 4.78 is 0. The summed E-state index contributed by atoms with van der Waals surface area (Å²) in [5, 5.41) is 8.57. The predicted octanol–water partition coefficient (Wildman–Crippen LogP) is 1.57. The lowest BCUT2D eigenvalue weighted by atomic mass is 10.1. The molecule has 1 aliphatic heterocycles. The second kappa shape index (κ2) is 3.62. The summed E-state index contributed by atoms with van der Waals surface area (Å²) in [6.45, 7) is 0. The number of nitriles is 1. The van der Waals surface area contributed by atoms with Crippen LogP contribution in [-0.2, 0) is 4.79 Å². The quantitative estimate of drug-likeness (QED) is 0.533. The highest BCUT2D eigenvalue weighted by atomic mass is 32.2. The maximum absolute atomic E-state index is 11.0. The molecule has 0 aliphatic carbocycles. The molecule has 1 heterocycles. The van der Waals surface area contributed by atoms with Gasteiger partial charge in [-0.1, -0.05) is 18.2 Å². The van der Waals surface area contributed by atoms with E-state index in [1.165, 1.54) is 11.8 Å². The molecule has 0 aromatic heterocycles. The first-order chi connectivity index (χ1) is 4.84. The fourth-order valence-electron chi connectivity index (χ4n) is 0.959. The molecule has 10 heavy (non-hydrogen) atoms. The van der Waals surface area contributed by atoms with Crippen molar-refractivity contribution in [3.8, 4) is 6.07 Å². The van der Waals surface area contributed by atoms with Gasteiger partial charge in [-0.3, -0.25) is 4.79 Å². The Kier molecular flexibility index (Phi) is 2.76. The Morgan fingerprint density at radius 3 is 3.10 bits per heavy atom. The Labute approximate surface area is 64.6 Å². The van der Waals surface area contributed by atoms with Gasteiger partial charge in [-0.05, 0) is 12.8 Å². The maximum Gasteiger partial charge on any atom is 0.206 e. The number of carbonyl (C=O) groups is 1. The molecule has 0 radical (unpaired) electrons. The molecule has 0 spiro atoms. The third kappa shape index (κ3) is 1.74. The van der Waals surface area contributed by atoms with Crippen LogP contribution in [0.3, 0.4) is 0 Å². The average Bonchev–Trinajstić information content (AvgIpc) is 2.13. The van der Waals surface area contributed by atoms with E-state index >= 15 is 0 Å². The summed E-state index contributed by atoms with van der Waals surface area (Å²) in [7, 11) is 0. The van der Waals surface area contributed by atoms with E-state index in [0.29, 0.717) is 0 Å². The van der Waals surface area contributed by atoms with Gasteiger partial charge in [-0.2, -0.15) is 5.26 Å². The number of nitrogens with zero attached hydrogens (tertiary/aromatic N) is 1. The molecule has 1 aliphatic rings. The first-order valence-electron chi connectivity index (χ1n) is 3.41. The highest BCUT2D eigenvalue weighted by Gasteiger charge is 2.20. The highest BCUT2D eigenvalue weighted by molar-refractivity contribution is 8.13. The summed E-state index contributed by atoms with van der Waals surface area (Å²) in [4.78, 5) is 11.0. The van der Waals surface area contributed by atoms with Crippen molar-refractivity contribution in [1.82, 2.24) is 0 Å². The van der Waals surface area contributed by atoms with E-state index in [1.54, 1.807) is 0 Å². The molecule has 0 unspecified atom stereocenters. The van der Waals surface area contributed by atoms with E-state index in [9.17, 15) is 4.79 Å². The van der Waals surface area contributed by atoms with Crippen molar-refractivity contribution >= 4 is 16.9 Å². The summed E-state index contributed by atoms with van der Waals surface area (Å²) >= 11 is 1.31. The predicted molar refractivity (Wildman–Crippen MR) is 40.4 cm³/mol. The Morgan fingerprint density at radius 1 is 1.60 bits per heavy atom. The van der Waals surface area contributed by atoms with Gasteiger partial charge in [0.25, 0.3) is 0 Å². The lowest BCUT2D eigenvalue weighted by Crippen LogP contribution is -2.05. The Hall–Kier alpha value is -0.490. The van der Waals surface area contributed by atoms with Gasteiger partial charge in [0.2, 0.25) is 5.12 Å². The van der Waals surface area contributed by atoms with Gasteiger partial charge in [-0.15, -0.1) is 0 Å². The second-order valence-electron chi connectivity index (χ2n) is 2.34. The van der Waals surface area contributed by atoms with Crippen molar-refractivity contribution in [3.63, 3.8) is 0 Å². The van der Waals surface area contributed by atoms with E-state index in [1.807, 2.05) is 6.07 Å². The Bertz CT molecular complexity index is 173. The molecule has 54 valence electrons. The van der Waals surface area contributed by atoms with Gasteiger partial charge < -0.3 is 0 Å². The average molecular weight is 155 g/mol. The van der Waals surface area contributed by atoms with Gasteiger partial charge in [0.15, 0.2) is 0 Å². The number of thioether (sulfide) groups is 1. The van der Waals surface area contributed by atoms with Crippen LogP contribution in [0.5, 0.6) is 0 Å². The van der Waals surface area contributed by atoms with Crippen molar-refractivity contribution in [1.29, 1.82) is 5.26 Å². The molecule has 0 N–H and O–H groups in total. The molecule has 2 nitrogen and oxygen atoms in total. The minimum Gasteiger partial charge on any atom is -0.286 e. The van der Waals surface area contributed by atoms with Crippen LogP contribution in [0, 0.1) is 17.2 Å². The molecule has 0 bridgehead atoms. The summed E-state index contributed by atoms with van der Waals surface area (Å²) in [6.07, 6.45) is 2.87. The minimum absolute atomic E-state index is 0.0694. The molecule has 1 rings (SSSR count). The monoisotopic (exact) mass is 155 g/mol. The lowest BCUT2D eigenvalue weighted by molar-refractivity contribution is -0.113. The number of hydrogen-bond donors (Lipinski definition) is 0. The highest BCUT2D eigenvalue weighted by Crippen LogP contribution is 2.22. The maximum atomic E-state index is 11.0. The zero-order chi connectivity index (χ0) is 7.40. The van der Waals surface area contributed by atoms with Gasteiger partial charge in [0, 0.05) is 5.75 Å². The third-order valence-corrected chi connectivity index (χ3v) is 2.63. The third-order valence-electron chi connectivity index (χ3n) is 1.57. The van der Waals surface area contributed by atoms with Crippen molar-refractivity contribution < 1.29 is 4.79 Å². The molecular formula is C7H9NOS. The van der Waals surface area contributed by atoms with Gasteiger partial charge >= 0.3 is 0 Å². The molecule has 0 aromatic rings. The van der Waals surface area contributed by atoms with E-state index in [-0.39, 0.29) is 11.0 Å². The molecule has 1 atom stereocenters. The number of rotatable bonds is 0. The Balaban J connectivity index is 2.54. The van der Waals surface area contributed by atoms with Gasteiger partial charge in [0.05, 0.1) is 6.07 Å². The van der Waals surface area contributed by atoms with Crippen LogP contribution in [0.25, 0.3) is 0 Å². The van der Waals surface area contributed by atoms with E-state index in [4.69, 9.17) is 5.26 Å². The van der Waals surface area contributed by atoms with Crippen LogP contribution in [-0.4, -0.2) is 10.9 Å². The number of carbonyl (C=O) groups excluding carboxylic acids is 1. The largest absolute Gasteiger partial charge is 0.286 e. The summed E-state index contributed by atoms with van der Waals surface area (Å²) in [5.41, 5.74) is 0. The van der Waals surface area contributed by atoms with Crippen LogP contribution < -0.4 is 0 Å². The molecular weight excluding hydrogens is 146 g/mol. The SMILES string of the molecule is N#C[C@H]1CCCCSC1=O. The molecule has 3 heteroatoms. The first-order valence-corrected chi connectivity index (χ1v) is 4.39. The topological polar surface area (TPSA) is 40.9 Å². The normalized spacial score (nSPS) is 27.1. The zero-order valence-corrected chi connectivity index (χ0v) is 6.49. The molecule has 1 fully saturated rings. The Morgan fingerprint density at radius 2 is 2.40 bits per heavy atom. The fraction of sp³-hybridized carbons (Fsp3) is 0.714. The van der Waals surface area contributed by atoms with Crippen molar-refractivity contribution in [3.05, 3.63) is 0 Å². The molecule has 1 saturated heterocycles.